The second-order valence-corrected chi connectivity index (χ2v) is 6.56. The summed E-state index contributed by atoms with van der Waals surface area (Å²) < 4.78 is 6.09. The summed E-state index contributed by atoms with van der Waals surface area (Å²) in [6.45, 7) is 10.4. The molecule has 0 atom stereocenters. The second kappa shape index (κ2) is 14.8. The molecule has 1 nitrogen and oxygen atoms in total. The third-order valence-electron chi connectivity index (χ3n) is 4.32. The number of allylic oxidation sites excluding steroid dienone is 11. The van der Waals surface area contributed by atoms with E-state index in [0.717, 1.165) is 35.3 Å². The third-order valence-corrected chi connectivity index (χ3v) is 4.61. The first-order valence-corrected chi connectivity index (χ1v) is 11.7. The molecule has 0 saturated heterocycles. The lowest BCUT2D eigenvalue weighted by Gasteiger charge is -2.12. The van der Waals surface area contributed by atoms with Crippen LogP contribution in [0.25, 0.3) is 5.57 Å². The van der Waals surface area contributed by atoms with Crippen LogP contribution in [0.2, 0.25) is 5.02 Å². The molecule has 1 aliphatic carbocycles. The highest BCUT2D eigenvalue weighted by Crippen LogP contribution is 2.41. The van der Waals surface area contributed by atoms with E-state index in [1.807, 2.05) is 32.1 Å². The fraction of sp³-hybridized carbons (Fsp3) is 0.259. The summed E-state index contributed by atoms with van der Waals surface area (Å²) >= 11 is 9.97. The van der Waals surface area contributed by atoms with Gasteiger partial charge in [-0.2, -0.15) is 12.6 Å². The molecule has 0 spiro atoms. The zero-order valence-corrected chi connectivity index (χ0v) is 20.1. The van der Waals surface area contributed by atoms with E-state index >= 15 is 0 Å². The van der Waals surface area contributed by atoms with Gasteiger partial charge in [0.05, 0.1) is 5.02 Å². The van der Waals surface area contributed by atoms with Crippen LogP contribution in [0.1, 0.15) is 39.2 Å². The highest BCUT2D eigenvalue weighted by molar-refractivity contribution is 7.79. The van der Waals surface area contributed by atoms with Gasteiger partial charge in [-0.3, -0.25) is 0 Å². The Labute approximate surface area is 193 Å². The number of thiol groups is 1. The zero-order chi connectivity index (χ0) is 22.4. The van der Waals surface area contributed by atoms with Gasteiger partial charge in [-0.15, -0.1) is 0 Å². The van der Waals surface area contributed by atoms with E-state index < -0.39 is 0 Å². The predicted octanol–water partition coefficient (Wildman–Crippen LogP) is 8.58. The first-order valence-electron chi connectivity index (χ1n) is 10.4. The molecule has 0 N–H and O–H groups in total. The molecule has 0 unspecified atom stereocenters. The maximum Gasteiger partial charge on any atom is 0.146 e. The summed E-state index contributed by atoms with van der Waals surface area (Å²) in [4.78, 5) is 0. The largest absolute Gasteiger partial charge is 0.487 e. The van der Waals surface area contributed by atoms with Crippen molar-refractivity contribution in [3.63, 3.8) is 0 Å². The molecule has 2 aliphatic rings. The van der Waals surface area contributed by atoms with Crippen LogP contribution in [-0.4, -0.2) is 12.9 Å². The van der Waals surface area contributed by atoms with Crippen molar-refractivity contribution in [2.45, 2.75) is 33.6 Å². The molecule has 30 heavy (non-hydrogen) atoms. The van der Waals surface area contributed by atoms with E-state index in [1.54, 1.807) is 12.3 Å². The molecule has 0 bridgehead atoms. The summed E-state index contributed by atoms with van der Waals surface area (Å²) in [5, 5.41) is 0.640. The van der Waals surface area contributed by atoms with E-state index in [4.69, 9.17) is 16.3 Å². The quantitative estimate of drug-likeness (QED) is 0.364. The predicted molar refractivity (Wildman–Crippen MR) is 139 cm³/mol. The molecule has 1 aliphatic heterocycles. The Hall–Kier alpha value is -2.16. The zero-order valence-electron chi connectivity index (χ0n) is 18.5. The van der Waals surface area contributed by atoms with Crippen LogP contribution in [0.3, 0.4) is 0 Å². The number of para-hydroxylation sites is 1. The maximum atomic E-state index is 6.44. The van der Waals surface area contributed by atoms with Gasteiger partial charge in [-0.05, 0) is 53.5 Å². The number of hydrogen-bond donors (Lipinski definition) is 1. The molecule has 0 radical (unpaired) electrons. The summed E-state index contributed by atoms with van der Waals surface area (Å²) in [5.41, 5.74) is 5.65. The molecule has 1 aromatic rings. The molecule has 1 heterocycles. The van der Waals surface area contributed by atoms with Gasteiger partial charge in [0.1, 0.15) is 12.4 Å². The topological polar surface area (TPSA) is 9.23 Å². The molecule has 0 amide bonds. The van der Waals surface area contributed by atoms with Crippen molar-refractivity contribution in [3.05, 3.63) is 107 Å². The standard InChI is InChI=1S/C24H23ClO.C2H6.CH4S/c1-3-5-11-18(10-4-2)16-22-20-13-8-6-7-12-19(20)17-26-24-21(22)14-9-15-23(24)25;2*1-2/h3,5,7-16H,1,4,6,17H2,2H3;1-2H3;2H,1H3/b11-5-,18-10+,22-16-;;. The summed E-state index contributed by atoms with van der Waals surface area (Å²) in [5.74, 6) is 0.749. The average Bonchev–Trinajstić information content (AvgIpc) is 3.10. The molecule has 0 fully saturated rings. The minimum atomic E-state index is 0.513. The van der Waals surface area contributed by atoms with Crippen molar-refractivity contribution in [1.29, 1.82) is 0 Å². The van der Waals surface area contributed by atoms with E-state index in [0.29, 0.717) is 11.6 Å². The summed E-state index contributed by atoms with van der Waals surface area (Å²) in [6, 6.07) is 5.93. The van der Waals surface area contributed by atoms with Crippen molar-refractivity contribution < 1.29 is 4.74 Å². The van der Waals surface area contributed by atoms with Gasteiger partial charge in [0, 0.05) is 5.56 Å². The minimum absolute atomic E-state index is 0.513. The van der Waals surface area contributed by atoms with Gasteiger partial charge in [-0.25, -0.2) is 0 Å². The Kier molecular flexibility index (Phi) is 12.7. The van der Waals surface area contributed by atoms with E-state index in [2.05, 4.69) is 74.7 Å². The van der Waals surface area contributed by atoms with Crippen LogP contribution in [-0.2, 0) is 0 Å². The van der Waals surface area contributed by atoms with Crippen LogP contribution in [0.15, 0.2) is 96.2 Å². The van der Waals surface area contributed by atoms with Crippen molar-refractivity contribution in [2.75, 3.05) is 12.9 Å². The van der Waals surface area contributed by atoms with Gasteiger partial charge in [0.25, 0.3) is 0 Å². The van der Waals surface area contributed by atoms with E-state index in [9.17, 15) is 0 Å². The Morgan fingerprint density at radius 2 is 1.93 bits per heavy atom. The number of benzene rings is 1. The molecule has 1 aromatic carbocycles. The van der Waals surface area contributed by atoms with Crippen LogP contribution in [0, 0.1) is 0 Å². The van der Waals surface area contributed by atoms with Gasteiger partial charge >= 0.3 is 0 Å². The molecule has 0 saturated carbocycles. The third kappa shape index (κ3) is 6.97. The SMILES string of the molecule is C=C\C=C/C(/C=C1/C2=C(C=CCC=C2)COc2c(Cl)cccc21)=C\CC.CC.CS. The number of fused-ring (bicyclic) bond motifs is 1. The molecular formula is C27H33ClOS. The highest BCUT2D eigenvalue weighted by atomic mass is 35.5. The number of hydrogen-bond acceptors (Lipinski definition) is 2. The smallest absolute Gasteiger partial charge is 0.146 e. The second-order valence-electron chi connectivity index (χ2n) is 6.15. The number of ether oxygens (including phenoxy) is 1. The van der Waals surface area contributed by atoms with E-state index in [1.165, 1.54) is 11.1 Å². The molecule has 3 heteroatoms. The van der Waals surface area contributed by atoms with Crippen LogP contribution in [0.5, 0.6) is 5.75 Å². The monoisotopic (exact) mass is 440 g/mol. The van der Waals surface area contributed by atoms with Gasteiger partial charge in [0.2, 0.25) is 0 Å². The minimum Gasteiger partial charge on any atom is -0.487 e. The lowest BCUT2D eigenvalue weighted by atomic mass is 9.92. The molecule has 160 valence electrons. The first-order chi connectivity index (χ1) is 14.7. The van der Waals surface area contributed by atoms with Crippen LogP contribution in [0.4, 0.5) is 0 Å². The Morgan fingerprint density at radius 3 is 2.63 bits per heavy atom. The summed E-state index contributed by atoms with van der Waals surface area (Å²) in [6.07, 6.45) is 22.5. The number of halogens is 1. The van der Waals surface area contributed by atoms with Crippen molar-refractivity contribution >= 4 is 29.8 Å². The van der Waals surface area contributed by atoms with Crippen LogP contribution >= 0.6 is 24.2 Å². The van der Waals surface area contributed by atoms with Gasteiger partial charge < -0.3 is 4.74 Å². The Morgan fingerprint density at radius 1 is 1.20 bits per heavy atom. The van der Waals surface area contributed by atoms with Gasteiger partial charge in [-0.1, -0.05) is 99.7 Å². The van der Waals surface area contributed by atoms with Gasteiger partial charge in [0.15, 0.2) is 0 Å². The Bertz CT molecular complexity index is 882. The molecular weight excluding hydrogens is 408 g/mol. The maximum absolute atomic E-state index is 6.44. The average molecular weight is 441 g/mol. The Balaban J connectivity index is 0.00000106. The molecule has 0 aromatic heterocycles. The number of rotatable bonds is 4. The normalized spacial score (nSPS) is 16.3. The highest BCUT2D eigenvalue weighted by Gasteiger charge is 2.21. The lowest BCUT2D eigenvalue weighted by molar-refractivity contribution is 0.356. The first kappa shape index (κ1) is 25.9. The fourth-order valence-corrected chi connectivity index (χ4v) is 3.36. The van der Waals surface area contributed by atoms with Crippen LogP contribution < -0.4 is 4.74 Å². The fourth-order valence-electron chi connectivity index (χ4n) is 3.13. The lowest BCUT2D eigenvalue weighted by Crippen LogP contribution is -1.99. The van der Waals surface area contributed by atoms with Crippen molar-refractivity contribution in [1.82, 2.24) is 0 Å². The van der Waals surface area contributed by atoms with Crippen molar-refractivity contribution in [3.8, 4) is 5.75 Å². The summed E-state index contributed by atoms with van der Waals surface area (Å²) in [7, 11) is 0. The molecule has 3 rings (SSSR count). The van der Waals surface area contributed by atoms with Crippen molar-refractivity contribution in [2.24, 2.45) is 0 Å². The van der Waals surface area contributed by atoms with E-state index in [-0.39, 0.29) is 0 Å².